The molecule has 0 aliphatic carbocycles. The third kappa shape index (κ3) is 3.82. The molecule has 23 heavy (non-hydrogen) atoms. The number of carbonyl (C=O) groups excluding carboxylic acids is 1. The number of pyridine rings is 1. The summed E-state index contributed by atoms with van der Waals surface area (Å²) in [7, 11) is 0. The Labute approximate surface area is 137 Å². The molecule has 1 aliphatic heterocycles. The van der Waals surface area contributed by atoms with Crippen molar-refractivity contribution in [1.29, 1.82) is 5.26 Å². The number of likely N-dealkylation sites (tertiary alicyclic amines) is 1. The number of H-pyrrole nitrogens is 1. The van der Waals surface area contributed by atoms with Crippen LogP contribution >= 0.6 is 0 Å². The van der Waals surface area contributed by atoms with E-state index in [9.17, 15) is 9.59 Å². The van der Waals surface area contributed by atoms with E-state index in [1.807, 2.05) is 17.9 Å². The van der Waals surface area contributed by atoms with E-state index in [1.54, 1.807) is 6.92 Å². The van der Waals surface area contributed by atoms with Gasteiger partial charge in [-0.15, -0.1) is 0 Å². The summed E-state index contributed by atoms with van der Waals surface area (Å²) in [5.74, 6) is 1.25. The van der Waals surface area contributed by atoms with Crippen LogP contribution < -0.4 is 5.56 Å². The van der Waals surface area contributed by atoms with Gasteiger partial charge in [0.1, 0.15) is 11.6 Å². The zero-order valence-electron chi connectivity index (χ0n) is 14.4. The minimum absolute atomic E-state index is 0.151. The Morgan fingerprint density at radius 3 is 2.48 bits per heavy atom. The van der Waals surface area contributed by atoms with Crippen molar-refractivity contribution in [3.05, 3.63) is 32.7 Å². The summed E-state index contributed by atoms with van der Waals surface area (Å²) in [4.78, 5) is 28.9. The molecule has 1 saturated heterocycles. The van der Waals surface area contributed by atoms with Crippen LogP contribution in [0.25, 0.3) is 0 Å². The van der Waals surface area contributed by atoms with Crippen LogP contribution in [0.2, 0.25) is 0 Å². The minimum atomic E-state index is -0.351. The molecule has 5 heteroatoms. The number of carbonyl (C=O) groups is 1. The standard InChI is InChI=1S/C18H25N3O2/c1-11-7-12(2)10-21(9-11)17(22)6-5-15-13(3)16(8-19)18(23)20-14(15)4/h11-12H,5-7,9-10H2,1-4H3,(H,20,23)/t11-,12-/m0/s1. The molecule has 1 amide bonds. The van der Waals surface area contributed by atoms with Gasteiger partial charge in [-0.05, 0) is 49.7 Å². The summed E-state index contributed by atoms with van der Waals surface area (Å²) >= 11 is 0. The zero-order valence-corrected chi connectivity index (χ0v) is 14.4. The first-order valence-electron chi connectivity index (χ1n) is 8.23. The van der Waals surface area contributed by atoms with Gasteiger partial charge in [0, 0.05) is 25.2 Å². The van der Waals surface area contributed by atoms with E-state index in [1.165, 1.54) is 6.42 Å². The Bertz CT molecular complexity index is 689. The highest BCUT2D eigenvalue weighted by Gasteiger charge is 2.25. The molecule has 0 saturated carbocycles. The maximum atomic E-state index is 12.5. The van der Waals surface area contributed by atoms with Crippen molar-refractivity contribution >= 4 is 5.91 Å². The number of nitrogens with zero attached hydrogens (tertiary/aromatic N) is 2. The lowest BCUT2D eigenvalue weighted by atomic mass is 9.91. The number of hydrogen-bond donors (Lipinski definition) is 1. The quantitative estimate of drug-likeness (QED) is 0.929. The number of aromatic nitrogens is 1. The maximum absolute atomic E-state index is 12.5. The van der Waals surface area contributed by atoms with Crippen molar-refractivity contribution in [2.75, 3.05) is 13.1 Å². The van der Waals surface area contributed by atoms with Crippen molar-refractivity contribution in [2.24, 2.45) is 11.8 Å². The van der Waals surface area contributed by atoms with Gasteiger partial charge in [0.2, 0.25) is 5.91 Å². The molecule has 2 atom stereocenters. The molecule has 1 aromatic heterocycles. The fourth-order valence-electron chi connectivity index (χ4n) is 3.68. The summed E-state index contributed by atoms with van der Waals surface area (Å²) in [6.45, 7) is 9.63. The zero-order chi connectivity index (χ0) is 17.1. The number of nitrogens with one attached hydrogen (secondary N) is 1. The van der Waals surface area contributed by atoms with E-state index < -0.39 is 0 Å². The summed E-state index contributed by atoms with van der Waals surface area (Å²) in [5.41, 5.74) is 2.16. The summed E-state index contributed by atoms with van der Waals surface area (Å²) < 4.78 is 0. The molecule has 124 valence electrons. The molecule has 1 aliphatic rings. The molecule has 1 fully saturated rings. The lowest BCUT2D eigenvalue weighted by Crippen LogP contribution is -2.42. The Morgan fingerprint density at radius 2 is 1.91 bits per heavy atom. The monoisotopic (exact) mass is 315 g/mol. The SMILES string of the molecule is Cc1[nH]c(=O)c(C#N)c(C)c1CCC(=O)N1C[C@@H](C)C[C@H](C)C1. The second-order valence-electron chi connectivity index (χ2n) is 6.91. The average molecular weight is 315 g/mol. The van der Waals surface area contributed by atoms with Gasteiger partial charge in [-0.3, -0.25) is 9.59 Å². The number of amides is 1. The Morgan fingerprint density at radius 1 is 1.30 bits per heavy atom. The number of aryl methyl sites for hydroxylation is 1. The molecule has 0 unspecified atom stereocenters. The largest absolute Gasteiger partial charge is 0.342 e. The van der Waals surface area contributed by atoms with Gasteiger partial charge in [-0.1, -0.05) is 13.8 Å². The van der Waals surface area contributed by atoms with Gasteiger partial charge >= 0.3 is 0 Å². The third-order valence-electron chi connectivity index (χ3n) is 4.73. The van der Waals surface area contributed by atoms with E-state index in [0.717, 1.165) is 24.3 Å². The van der Waals surface area contributed by atoms with Crippen molar-refractivity contribution in [3.63, 3.8) is 0 Å². The van der Waals surface area contributed by atoms with E-state index in [-0.39, 0.29) is 17.0 Å². The van der Waals surface area contributed by atoms with Crippen LogP contribution in [0.4, 0.5) is 0 Å². The summed E-state index contributed by atoms with van der Waals surface area (Å²) in [6.07, 6.45) is 2.15. The van der Waals surface area contributed by atoms with E-state index in [2.05, 4.69) is 18.8 Å². The second kappa shape index (κ2) is 6.99. The van der Waals surface area contributed by atoms with Crippen LogP contribution in [0.15, 0.2) is 4.79 Å². The molecule has 0 radical (unpaired) electrons. The van der Waals surface area contributed by atoms with Crippen LogP contribution in [0, 0.1) is 37.0 Å². The van der Waals surface area contributed by atoms with Crippen molar-refractivity contribution < 1.29 is 4.79 Å². The second-order valence-corrected chi connectivity index (χ2v) is 6.91. The van der Waals surface area contributed by atoms with E-state index in [0.29, 0.717) is 30.2 Å². The lowest BCUT2D eigenvalue weighted by molar-refractivity contribution is -0.133. The number of piperidine rings is 1. The van der Waals surface area contributed by atoms with E-state index >= 15 is 0 Å². The highest BCUT2D eigenvalue weighted by Crippen LogP contribution is 2.22. The first kappa shape index (κ1) is 17.3. The normalized spacial score (nSPS) is 21.1. The van der Waals surface area contributed by atoms with Gasteiger partial charge < -0.3 is 9.88 Å². The van der Waals surface area contributed by atoms with Gasteiger partial charge in [-0.2, -0.15) is 5.26 Å². The number of rotatable bonds is 3. The fraction of sp³-hybridized carbons (Fsp3) is 0.611. The Balaban J connectivity index is 2.11. The highest BCUT2D eigenvalue weighted by atomic mass is 16.2. The summed E-state index contributed by atoms with van der Waals surface area (Å²) in [5, 5.41) is 9.11. The van der Waals surface area contributed by atoms with Gasteiger partial charge in [0.25, 0.3) is 5.56 Å². The van der Waals surface area contributed by atoms with Crippen LogP contribution in [-0.4, -0.2) is 28.9 Å². The van der Waals surface area contributed by atoms with Crippen LogP contribution in [0.3, 0.4) is 0 Å². The molecule has 0 aromatic carbocycles. The molecule has 0 bridgehead atoms. The molecular formula is C18H25N3O2. The minimum Gasteiger partial charge on any atom is -0.342 e. The van der Waals surface area contributed by atoms with Crippen molar-refractivity contribution in [1.82, 2.24) is 9.88 Å². The third-order valence-corrected chi connectivity index (χ3v) is 4.73. The predicted molar refractivity (Wildman–Crippen MR) is 89.1 cm³/mol. The number of aromatic amines is 1. The Kier molecular flexibility index (Phi) is 5.25. The Hall–Kier alpha value is -2.09. The molecular weight excluding hydrogens is 290 g/mol. The van der Waals surface area contributed by atoms with Crippen LogP contribution in [0.1, 0.15) is 49.1 Å². The maximum Gasteiger partial charge on any atom is 0.266 e. The molecule has 2 heterocycles. The highest BCUT2D eigenvalue weighted by molar-refractivity contribution is 5.76. The molecule has 0 spiro atoms. The first-order valence-corrected chi connectivity index (χ1v) is 8.23. The predicted octanol–water partition coefficient (Wildman–Crippen LogP) is 2.30. The van der Waals surface area contributed by atoms with Crippen LogP contribution in [-0.2, 0) is 11.2 Å². The van der Waals surface area contributed by atoms with Gasteiger partial charge in [0.15, 0.2) is 0 Å². The lowest BCUT2D eigenvalue weighted by Gasteiger charge is -2.35. The number of nitriles is 1. The molecule has 5 nitrogen and oxygen atoms in total. The van der Waals surface area contributed by atoms with Gasteiger partial charge in [-0.25, -0.2) is 0 Å². The van der Waals surface area contributed by atoms with Crippen molar-refractivity contribution in [2.45, 2.75) is 47.0 Å². The van der Waals surface area contributed by atoms with Gasteiger partial charge in [0.05, 0.1) is 0 Å². The topological polar surface area (TPSA) is 77.0 Å². The van der Waals surface area contributed by atoms with Crippen LogP contribution in [0.5, 0.6) is 0 Å². The first-order chi connectivity index (χ1) is 10.8. The summed E-state index contributed by atoms with van der Waals surface area (Å²) in [6, 6.07) is 1.95. The molecule has 2 rings (SSSR count). The smallest absolute Gasteiger partial charge is 0.266 e. The average Bonchev–Trinajstić information content (AvgIpc) is 2.45. The van der Waals surface area contributed by atoms with Crippen molar-refractivity contribution in [3.8, 4) is 6.07 Å². The number of hydrogen-bond acceptors (Lipinski definition) is 3. The fourth-order valence-corrected chi connectivity index (χ4v) is 3.68. The molecule has 1 aromatic rings. The van der Waals surface area contributed by atoms with E-state index in [4.69, 9.17) is 5.26 Å². The molecule has 1 N–H and O–H groups in total.